The van der Waals surface area contributed by atoms with E-state index in [4.69, 9.17) is 0 Å². The molecule has 0 aliphatic rings. The minimum absolute atomic E-state index is 0.670. The lowest BCUT2D eigenvalue weighted by atomic mass is 10.2. The molecule has 20 heavy (non-hydrogen) atoms. The number of nitrogens with zero attached hydrogens (tertiary/aromatic N) is 3. The van der Waals surface area contributed by atoms with Crippen LogP contribution in [0.4, 0.5) is 5.69 Å². The summed E-state index contributed by atoms with van der Waals surface area (Å²) in [6.45, 7) is 2.67. The van der Waals surface area contributed by atoms with E-state index >= 15 is 0 Å². The number of benzene rings is 1. The molecule has 0 amide bonds. The predicted octanol–water partition coefficient (Wildman–Crippen LogP) is 2.73. The van der Waals surface area contributed by atoms with Crippen LogP contribution in [0.5, 0.6) is 0 Å². The Morgan fingerprint density at radius 1 is 1.25 bits per heavy atom. The van der Waals surface area contributed by atoms with Gasteiger partial charge in [0.2, 0.25) is 0 Å². The quantitative estimate of drug-likeness (QED) is 0.764. The molecule has 0 atom stereocenters. The van der Waals surface area contributed by atoms with Gasteiger partial charge in [-0.15, -0.1) is 0 Å². The Morgan fingerprint density at radius 2 is 2.05 bits per heavy atom. The van der Waals surface area contributed by atoms with Crippen molar-refractivity contribution in [3.05, 3.63) is 54.2 Å². The van der Waals surface area contributed by atoms with Gasteiger partial charge >= 0.3 is 0 Å². The topological polar surface area (TPSA) is 58.5 Å². The Kier molecular flexibility index (Phi) is 3.25. The van der Waals surface area contributed by atoms with E-state index in [1.807, 2.05) is 61.4 Å². The normalized spacial score (nSPS) is 10.7. The van der Waals surface area contributed by atoms with Gasteiger partial charge in [0.05, 0.1) is 24.1 Å². The molecule has 0 unspecified atom stereocenters. The standard InChI is InChI=1S/C15H17N5/c1-11-13(10-20(2)19-11)14-8-17-15(18-14)9-16-12-6-4-3-5-7-12/h3-8,10,16H,9H2,1-2H3,(H,17,18). The van der Waals surface area contributed by atoms with Crippen molar-refractivity contribution in [1.29, 1.82) is 0 Å². The number of nitrogens with one attached hydrogen (secondary N) is 2. The summed E-state index contributed by atoms with van der Waals surface area (Å²) in [6, 6.07) is 10.1. The third-order valence-electron chi connectivity index (χ3n) is 3.17. The van der Waals surface area contributed by atoms with Crippen molar-refractivity contribution >= 4 is 5.69 Å². The molecule has 2 heterocycles. The largest absolute Gasteiger partial charge is 0.378 e. The van der Waals surface area contributed by atoms with Gasteiger partial charge in [-0.2, -0.15) is 5.10 Å². The lowest BCUT2D eigenvalue weighted by molar-refractivity contribution is 0.756. The molecule has 0 saturated heterocycles. The molecule has 0 aliphatic heterocycles. The molecule has 3 aromatic rings. The van der Waals surface area contributed by atoms with Crippen LogP contribution in [0, 0.1) is 6.92 Å². The maximum absolute atomic E-state index is 4.40. The van der Waals surface area contributed by atoms with Crippen molar-refractivity contribution in [3.8, 4) is 11.3 Å². The molecule has 5 nitrogen and oxygen atoms in total. The van der Waals surface area contributed by atoms with E-state index in [9.17, 15) is 0 Å². The zero-order chi connectivity index (χ0) is 13.9. The molecular weight excluding hydrogens is 250 g/mol. The van der Waals surface area contributed by atoms with Gasteiger partial charge in [0.25, 0.3) is 0 Å². The molecular formula is C15H17N5. The van der Waals surface area contributed by atoms with Crippen LogP contribution in [-0.4, -0.2) is 19.7 Å². The second-order valence-corrected chi connectivity index (χ2v) is 4.77. The van der Waals surface area contributed by atoms with Crippen LogP contribution in [-0.2, 0) is 13.6 Å². The Labute approximate surface area is 117 Å². The number of hydrogen-bond acceptors (Lipinski definition) is 3. The third kappa shape index (κ3) is 2.56. The first kappa shape index (κ1) is 12.5. The van der Waals surface area contributed by atoms with Gasteiger partial charge in [-0.3, -0.25) is 4.68 Å². The summed E-state index contributed by atoms with van der Waals surface area (Å²) in [4.78, 5) is 7.73. The summed E-state index contributed by atoms with van der Waals surface area (Å²) in [5.41, 5.74) is 4.17. The highest BCUT2D eigenvalue weighted by Crippen LogP contribution is 2.20. The van der Waals surface area contributed by atoms with E-state index in [0.717, 1.165) is 28.5 Å². The number of H-pyrrole nitrogens is 1. The van der Waals surface area contributed by atoms with Crippen molar-refractivity contribution in [2.75, 3.05) is 5.32 Å². The zero-order valence-corrected chi connectivity index (χ0v) is 11.6. The van der Waals surface area contributed by atoms with Gasteiger partial charge in [-0.1, -0.05) is 18.2 Å². The van der Waals surface area contributed by atoms with Gasteiger partial charge in [-0.25, -0.2) is 4.98 Å². The van der Waals surface area contributed by atoms with E-state index in [-0.39, 0.29) is 0 Å². The molecule has 0 fully saturated rings. The molecule has 1 aromatic carbocycles. The SMILES string of the molecule is Cc1nn(C)cc1-c1cnc(CNc2ccccc2)[nH]1. The fraction of sp³-hybridized carbons (Fsp3) is 0.200. The van der Waals surface area contributed by atoms with Gasteiger partial charge in [0, 0.05) is 24.5 Å². The molecule has 0 aliphatic carbocycles. The first-order chi connectivity index (χ1) is 9.72. The van der Waals surface area contributed by atoms with Crippen LogP contribution >= 0.6 is 0 Å². The van der Waals surface area contributed by atoms with Crippen molar-refractivity contribution < 1.29 is 0 Å². The Morgan fingerprint density at radius 3 is 2.75 bits per heavy atom. The summed E-state index contributed by atoms with van der Waals surface area (Å²) in [5, 5.41) is 7.67. The van der Waals surface area contributed by atoms with Crippen molar-refractivity contribution in [2.45, 2.75) is 13.5 Å². The number of para-hydroxylation sites is 1. The summed E-state index contributed by atoms with van der Waals surface area (Å²) in [5.74, 6) is 0.909. The van der Waals surface area contributed by atoms with Crippen LogP contribution in [0.3, 0.4) is 0 Å². The Bertz CT molecular complexity index is 696. The summed E-state index contributed by atoms with van der Waals surface area (Å²) >= 11 is 0. The second-order valence-electron chi connectivity index (χ2n) is 4.77. The highest BCUT2D eigenvalue weighted by atomic mass is 15.2. The van der Waals surface area contributed by atoms with Crippen molar-refractivity contribution in [1.82, 2.24) is 19.7 Å². The molecule has 0 radical (unpaired) electrons. The van der Waals surface area contributed by atoms with E-state index in [1.54, 1.807) is 0 Å². The molecule has 2 N–H and O–H groups in total. The molecule has 0 spiro atoms. The van der Waals surface area contributed by atoms with Crippen LogP contribution in [0.2, 0.25) is 0 Å². The minimum Gasteiger partial charge on any atom is -0.378 e. The van der Waals surface area contributed by atoms with Gasteiger partial charge in [0.15, 0.2) is 0 Å². The van der Waals surface area contributed by atoms with Crippen LogP contribution in [0.15, 0.2) is 42.7 Å². The molecule has 5 heteroatoms. The lowest BCUT2D eigenvalue weighted by Crippen LogP contribution is -2.00. The molecule has 2 aromatic heterocycles. The van der Waals surface area contributed by atoms with E-state index < -0.39 is 0 Å². The lowest BCUT2D eigenvalue weighted by Gasteiger charge is -2.03. The molecule has 3 rings (SSSR count). The van der Waals surface area contributed by atoms with Crippen LogP contribution in [0.1, 0.15) is 11.5 Å². The number of imidazole rings is 1. The Hall–Kier alpha value is -2.56. The smallest absolute Gasteiger partial charge is 0.125 e. The average molecular weight is 267 g/mol. The Balaban J connectivity index is 1.73. The van der Waals surface area contributed by atoms with E-state index in [0.29, 0.717) is 6.54 Å². The maximum Gasteiger partial charge on any atom is 0.125 e. The molecule has 102 valence electrons. The van der Waals surface area contributed by atoms with Gasteiger partial charge in [-0.05, 0) is 19.1 Å². The highest BCUT2D eigenvalue weighted by Gasteiger charge is 2.09. The number of aromatic nitrogens is 4. The average Bonchev–Trinajstić information content (AvgIpc) is 3.04. The number of rotatable bonds is 4. The predicted molar refractivity (Wildman–Crippen MR) is 79.3 cm³/mol. The highest BCUT2D eigenvalue weighted by molar-refractivity contribution is 5.60. The third-order valence-corrected chi connectivity index (χ3v) is 3.17. The number of hydrogen-bond donors (Lipinski definition) is 2. The van der Waals surface area contributed by atoms with E-state index in [1.165, 1.54) is 0 Å². The summed E-state index contributed by atoms with van der Waals surface area (Å²) in [7, 11) is 1.92. The first-order valence-corrected chi connectivity index (χ1v) is 6.56. The van der Waals surface area contributed by atoms with Gasteiger partial charge < -0.3 is 10.3 Å². The fourth-order valence-electron chi connectivity index (χ4n) is 2.19. The number of anilines is 1. The summed E-state index contributed by atoms with van der Waals surface area (Å²) in [6.07, 6.45) is 3.85. The molecule has 0 bridgehead atoms. The second kappa shape index (κ2) is 5.21. The van der Waals surface area contributed by atoms with Gasteiger partial charge in [0.1, 0.15) is 5.82 Å². The van der Waals surface area contributed by atoms with Crippen LogP contribution in [0.25, 0.3) is 11.3 Å². The zero-order valence-electron chi connectivity index (χ0n) is 11.6. The number of aromatic amines is 1. The minimum atomic E-state index is 0.670. The van der Waals surface area contributed by atoms with Crippen molar-refractivity contribution in [3.63, 3.8) is 0 Å². The molecule has 0 saturated carbocycles. The summed E-state index contributed by atoms with van der Waals surface area (Å²) < 4.78 is 1.81. The first-order valence-electron chi connectivity index (χ1n) is 6.56. The van der Waals surface area contributed by atoms with E-state index in [2.05, 4.69) is 20.4 Å². The fourth-order valence-corrected chi connectivity index (χ4v) is 2.19. The maximum atomic E-state index is 4.40. The van der Waals surface area contributed by atoms with Crippen LogP contribution < -0.4 is 5.32 Å². The monoisotopic (exact) mass is 267 g/mol. The number of aryl methyl sites for hydroxylation is 2. The van der Waals surface area contributed by atoms with Crippen molar-refractivity contribution in [2.24, 2.45) is 7.05 Å².